The normalized spacial score (nSPS) is 13.7. The maximum absolute atomic E-state index is 5.49. The number of ether oxygens (including phenoxy) is 1. The molecule has 0 spiro atoms. The third-order valence-corrected chi connectivity index (χ3v) is 4.85. The van der Waals surface area contributed by atoms with Crippen molar-refractivity contribution in [2.45, 2.75) is 18.1 Å². The minimum atomic E-state index is 0.569. The molecule has 6 nitrogen and oxygen atoms in total. The van der Waals surface area contributed by atoms with Crippen molar-refractivity contribution in [3.05, 3.63) is 36.3 Å². The summed E-state index contributed by atoms with van der Waals surface area (Å²) in [7, 11) is 1.62. The van der Waals surface area contributed by atoms with E-state index >= 15 is 0 Å². The van der Waals surface area contributed by atoms with Gasteiger partial charge in [-0.2, -0.15) is 5.10 Å². The van der Waals surface area contributed by atoms with Crippen LogP contribution in [0.2, 0.25) is 0 Å². The van der Waals surface area contributed by atoms with Gasteiger partial charge in [-0.25, -0.2) is 14.5 Å². The molecule has 120 valence electrons. The van der Waals surface area contributed by atoms with Crippen LogP contribution >= 0.6 is 11.9 Å². The molecular weight excluding hydrogens is 322 g/mol. The van der Waals surface area contributed by atoms with Crippen LogP contribution in [0.4, 0.5) is 5.69 Å². The molecule has 3 aromatic rings. The summed E-state index contributed by atoms with van der Waals surface area (Å²) in [6.07, 6.45) is 11.4. The zero-order chi connectivity index (χ0) is 16.5. The van der Waals surface area contributed by atoms with Crippen molar-refractivity contribution < 1.29 is 4.74 Å². The van der Waals surface area contributed by atoms with E-state index in [0.717, 1.165) is 22.6 Å². The highest BCUT2D eigenvalue weighted by Crippen LogP contribution is 2.37. The minimum absolute atomic E-state index is 0.569. The summed E-state index contributed by atoms with van der Waals surface area (Å²) >= 11 is 1.71. The molecule has 1 aliphatic carbocycles. The smallest absolute Gasteiger partial charge is 0.237 e. The van der Waals surface area contributed by atoms with Gasteiger partial charge in [0, 0.05) is 17.0 Å². The van der Waals surface area contributed by atoms with Gasteiger partial charge in [-0.15, -0.1) is 6.42 Å². The van der Waals surface area contributed by atoms with Gasteiger partial charge in [0.1, 0.15) is 11.4 Å². The van der Waals surface area contributed by atoms with E-state index < -0.39 is 0 Å². The number of nitrogens with zero attached hydrogens (tertiary/aromatic N) is 4. The predicted octanol–water partition coefficient (Wildman–Crippen LogP) is 3.00. The lowest BCUT2D eigenvalue weighted by Crippen LogP contribution is -2.00. The number of anilines is 1. The van der Waals surface area contributed by atoms with E-state index in [4.69, 9.17) is 11.2 Å². The van der Waals surface area contributed by atoms with E-state index in [9.17, 15) is 0 Å². The molecule has 1 aliphatic rings. The van der Waals surface area contributed by atoms with Crippen LogP contribution in [0.3, 0.4) is 0 Å². The third-order valence-electron chi connectivity index (χ3n) is 3.71. The van der Waals surface area contributed by atoms with Crippen molar-refractivity contribution in [1.82, 2.24) is 19.6 Å². The second kappa shape index (κ2) is 6.06. The SMILES string of the molecule is C#Cc1cnc2ccc(-c3cnc(OC)c(NSC4CC4)c3)nn12. The van der Waals surface area contributed by atoms with Crippen LogP contribution in [0.15, 0.2) is 30.6 Å². The number of terminal acetylenes is 1. The molecule has 4 rings (SSSR count). The van der Waals surface area contributed by atoms with Gasteiger partial charge >= 0.3 is 0 Å². The second-order valence-corrected chi connectivity index (χ2v) is 6.58. The first-order valence-electron chi connectivity index (χ1n) is 7.56. The number of pyridine rings is 1. The Balaban J connectivity index is 1.72. The molecule has 0 saturated heterocycles. The van der Waals surface area contributed by atoms with Gasteiger partial charge in [-0.3, -0.25) is 0 Å². The van der Waals surface area contributed by atoms with Gasteiger partial charge in [0.15, 0.2) is 5.65 Å². The number of hydrogen-bond acceptors (Lipinski definition) is 6. The fraction of sp³-hybridized carbons (Fsp3) is 0.235. The third kappa shape index (κ3) is 2.76. The monoisotopic (exact) mass is 337 g/mol. The lowest BCUT2D eigenvalue weighted by Gasteiger charge is -2.11. The number of rotatable bonds is 5. The van der Waals surface area contributed by atoms with E-state index in [0.29, 0.717) is 16.8 Å². The zero-order valence-corrected chi connectivity index (χ0v) is 13.9. The van der Waals surface area contributed by atoms with Crippen molar-refractivity contribution in [2.24, 2.45) is 0 Å². The van der Waals surface area contributed by atoms with Crippen molar-refractivity contribution >= 4 is 23.3 Å². The van der Waals surface area contributed by atoms with Crippen LogP contribution in [0, 0.1) is 12.3 Å². The Labute approximate surface area is 143 Å². The molecule has 1 saturated carbocycles. The van der Waals surface area contributed by atoms with Crippen LogP contribution in [-0.2, 0) is 0 Å². The number of aromatic nitrogens is 4. The second-order valence-electron chi connectivity index (χ2n) is 5.48. The molecule has 0 aliphatic heterocycles. The quantitative estimate of drug-likeness (QED) is 0.570. The highest BCUT2D eigenvalue weighted by atomic mass is 32.2. The number of imidazole rings is 1. The van der Waals surface area contributed by atoms with Crippen LogP contribution in [0.1, 0.15) is 18.5 Å². The number of hydrogen-bond donors (Lipinski definition) is 1. The molecule has 7 heteroatoms. The number of nitrogens with one attached hydrogen (secondary N) is 1. The summed E-state index contributed by atoms with van der Waals surface area (Å²) in [6.45, 7) is 0. The molecule has 0 radical (unpaired) electrons. The van der Waals surface area contributed by atoms with Crippen molar-refractivity contribution in [2.75, 3.05) is 11.8 Å². The molecule has 0 unspecified atom stereocenters. The van der Waals surface area contributed by atoms with Crippen molar-refractivity contribution in [1.29, 1.82) is 0 Å². The minimum Gasteiger partial charge on any atom is -0.480 e. The molecular formula is C17H15N5OS. The first-order valence-corrected chi connectivity index (χ1v) is 8.44. The van der Waals surface area contributed by atoms with Gasteiger partial charge in [0.25, 0.3) is 0 Å². The lowest BCUT2D eigenvalue weighted by molar-refractivity contribution is 0.400. The van der Waals surface area contributed by atoms with E-state index in [2.05, 4.69) is 25.7 Å². The fourth-order valence-corrected chi connectivity index (χ4v) is 3.10. The van der Waals surface area contributed by atoms with Crippen LogP contribution in [0.25, 0.3) is 16.9 Å². The summed E-state index contributed by atoms with van der Waals surface area (Å²) in [5.41, 5.74) is 3.84. The molecule has 24 heavy (non-hydrogen) atoms. The standard InChI is InChI=1S/C17H15N5OS/c1-3-12-10-18-16-7-6-14(20-22(12)16)11-8-15(17(23-2)19-9-11)21-24-13-4-5-13/h1,6-10,13,21H,4-5H2,2H3. The Kier molecular flexibility index (Phi) is 3.75. The first kappa shape index (κ1) is 14.8. The van der Waals surface area contributed by atoms with Gasteiger partial charge in [0.2, 0.25) is 5.88 Å². The summed E-state index contributed by atoms with van der Waals surface area (Å²) < 4.78 is 10.3. The summed E-state index contributed by atoms with van der Waals surface area (Å²) in [5.74, 6) is 3.15. The van der Waals surface area contributed by atoms with Crippen molar-refractivity contribution in [3.63, 3.8) is 0 Å². The fourth-order valence-electron chi connectivity index (χ4n) is 2.29. The van der Waals surface area contributed by atoms with Gasteiger partial charge in [-0.1, -0.05) is 0 Å². The van der Waals surface area contributed by atoms with Crippen LogP contribution in [0.5, 0.6) is 5.88 Å². The van der Waals surface area contributed by atoms with E-state index in [1.807, 2.05) is 18.2 Å². The van der Waals surface area contributed by atoms with Gasteiger partial charge in [-0.05, 0) is 48.9 Å². The van der Waals surface area contributed by atoms with E-state index in [-0.39, 0.29) is 0 Å². The Morgan fingerprint density at radius 2 is 2.21 bits per heavy atom. The maximum Gasteiger partial charge on any atom is 0.237 e. The molecule has 0 bridgehead atoms. The Hall–Kier alpha value is -2.72. The highest BCUT2D eigenvalue weighted by Gasteiger charge is 2.23. The molecule has 3 heterocycles. The summed E-state index contributed by atoms with van der Waals surface area (Å²) in [4.78, 5) is 8.61. The van der Waals surface area contributed by atoms with Gasteiger partial charge in [0.05, 0.1) is 19.0 Å². The Bertz CT molecular complexity index is 942. The largest absolute Gasteiger partial charge is 0.480 e. The van der Waals surface area contributed by atoms with Crippen molar-refractivity contribution in [3.8, 4) is 29.5 Å². The Morgan fingerprint density at radius 3 is 2.96 bits per heavy atom. The first-order chi connectivity index (χ1) is 11.8. The molecule has 0 amide bonds. The van der Waals surface area contributed by atoms with Crippen LogP contribution < -0.4 is 9.46 Å². The molecule has 1 fully saturated rings. The predicted molar refractivity (Wildman–Crippen MR) is 94.9 cm³/mol. The number of fused-ring (bicyclic) bond motifs is 1. The maximum atomic E-state index is 5.49. The average molecular weight is 337 g/mol. The summed E-state index contributed by atoms with van der Waals surface area (Å²) in [5, 5.41) is 5.25. The highest BCUT2D eigenvalue weighted by molar-refractivity contribution is 8.01. The van der Waals surface area contributed by atoms with Gasteiger partial charge < -0.3 is 9.46 Å². The molecule has 1 N–H and O–H groups in total. The number of methoxy groups -OCH3 is 1. The summed E-state index contributed by atoms with van der Waals surface area (Å²) in [6, 6.07) is 5.78. The van der Waals surface area contributed by atoms with E-state index in [1.165, 1.54) is 12.8 Å². The molecule has 3 aromatic heterocycles. The lowest BCUT2D eigenvalue weighted by atomic mass is 10.2. The molecule has 0 atom stereocenters. The topological polar surface area (TPSA) is 64.3 Å². The van der Waals surface area contributed by atoms with E-state index in [1.54, 1.807) is 36.0 Å². The molecule has 0 aromatic carbocycles. The average Bonchev–Trinajstić information content (AvgIpc) is 3.37. The zero-order valence-electron chi connectivity index (χ0n) is 13.1. The van der Waals surface area contributed by atoms with Crippen LogP contribution in [-0.4, -0.2) is 31.9 Å². The Morgan fingerprint density at radius 1 is 1.33 bits per heavy atom.